The summed E-state index contributed by atoms with van der Waals surface area (Å²) in [6.07, 6.45) is 0.0277. The Balaban J connectivity index is 1.66. The summed E-state index contributed by atoms with van der Waals surface area (Å²) in [7, 11) is 0. The number of carbonyl (C=O) groups is 1. The Morgan fingerprint density at radius 2 is 1.74 bits per heavy atom. The number of hydrogen-bond donors (Lipinski definition) is 0. The maximum atomic E-state index is 13.3. The first kappa shape index (κ1) is 21.6. The van der Waals surface area contributed by atoms with Crippen LogP contribution in [-0.2, 0) is 16.1 Å². The van der Waals surface area contributed by atoms with Crippen LogP contribution in [0.15, 0.2) is 64.5 Å². The van der Waals surface area contributed by atoms with Gasteiger partial charge in [0, 0.05) is 13.1 Å². The van der Waals surface area contributed by atoms with Crippen LogP contribution in [0.25, 0.3) is 10.9 Å². The third-order valence-corrected chi connectivity index (χ3v) is 6.45. The summed E-state index contributed by atoms with van der Waals surface area (Å²) in [6.45, 7) is 7.41. The van der Waals surface area contributed by atoms with Gasteiger partial charge in [0.2, 0.25) is 5.91 Å². The summed E-state index contributed by atoms with van der Waals surface area (Å²) in [5.74, 6) is 0.0423. The number of hydrogen-bond acceptors (Lipinski definition) is 5. The summed E-state index contributed by atoms with van der Waals surface area (Å²) in [4.78, 5) is 33.1. The van der Waals surface area contributed by atoms with Crippen LogP contribution >= 0.6 is 11.8 Å². The van der Waals surface area contributed by atoms with Crippen LogP contribution in [0.3, 0.4) is 0 Å². The minimum Gasteiger partial charge on any atom is -0.372 e. The van der Waals surface area contributed by atoms with Crippen LogP contribution in [0.2, 0.25) is 0 Å². The molecule has 0 spiro atoms. The zero-order chi connectivity index (χ0) is 22.0. The number of benzene rings is 2. The van der Waals surface area contributed by atoms with Gasteiger partial charge in [0.25, 0.3) is 5.56 Å². The molecule has 2 heterocycles. The van der Waals surface area contributed by atoms with Gasteiger partial charge in [-0.15, -0.1) is 0 Å². The predicted molar refractivity (Wildman–Crippen MR) is 123 cm³/mol. The molecule has 0 unspecified atom stereocenters. The van der Waals surface area contributed by atoms with E-state index in [-0.39, 0.29) is 28.9 Å². The van der Waals surface area contributed by atoms with Gasteiger partial charge >= 0.3 is 0 Å². The molecule has 6 nitrogen and oxygen atoms in total. The molecule has 1 aromatic heterocycles. The van der Waals surface area contributed by atoms with Crippen LogP contribution in [0.5, 0.6) is 0 Å². The molecule has 2 aromatic carbocycles. The Labute approximate surface area is 186 Å². The molecule has 162 valence electrons. The molecule has 3 atom stereocenters. The third kappa shape index (κ3) is 4.83. The van der Waals surface area contributed by atoms with Gasteiger partial charge in [-0.3, -0.25) is 14.2 Å². The lowest BCUT2D eigenvalue weighted by atomic mass is 10.2. The van der Waals surface area contributed by atoms with Crippen LogP contribution in [0, 0.1) is 0 Å². The number of para-hydroxylation sites is 1. The van der Waals surface area contributed by atoms with Crippen LogP contribution in [0.1, 0.15) is 26.3 Å². The molecular weight excluding hydrogens is 410 g/mol. The van der Waals surface area contributed by atoms with Gasteiger partial charge in [-0.25, -0.2) is 4.98 Å². The summed E-state index contributed by atoms with van der Waals surface area (Å²) in [6, 6.07) is 17.2. The smallest absolute Gasteiger partial charge is 0.262 e. The molecule has 1 aliphatic heterocycles. The summed E-state index contributed by atoms with van der Waals surface area (Å²) in [5.41, 5.74) is 1.57. The zero-order valence-corrected chi connectivity index (χ0v) is 18.8. The number of amides is 1. The molecule has 1 amide bonds. The molecule has 1 saturated heterocycles. The highest BCUT2D eigenvalue weighted by molar-refractivity contribution is 8.00. The maximum Gasteiger partial charge on any atom is 0.262 e. The molecule has 4 rings (SSSR count). The van der Waals surface area contributed by atoms with E-state index in [0.717, 1.165) is 5.56 Å². The fourth-order valence-corrected chi connectivity index (χ4v) is 4.96. The fraction of sp³-hybridized carbons (Fsp3) is 0.375. The molecule has 7 heteroatoms. The van der Waals surface area contributed by atoms with E-state index in [1.165, 1.54) is 11.8 Å². The largest absolute Gasteiger partial charge is 0.372 e. The van der Waals surface area contributed by atoms with E-state index < -0.39 is 0 Å². The van der Waals surface area contributed by atoms with Crippen molar-refractivity contribution in [1.82, 2.24) is 14.5 Å². The first-order valence-electron chi connectivity index (χ1n) is 10.6. The highest BCUT2D eigenvalue weighted by Gasteiger charge is 2.30. The van der Waals surface area contributed by atoms with E-state index >= 15 is 0 Å². The van der Waals surface area contributed by atoms with E-state index in [0.29, 0.717) is 35.7 Å². The molecule has 0 N–H and O–H groups in total. The standard InChI is InChI=1S/C24H27N3O3S/c1-16-13-26(14-17(2)30-16)22(28)18(3)31-24-25-21-12-8-7-11-20(21)23(29)27(24)15-19-9-5-4-6-10-19/h4-12,16-18H,13-15H2,1-3H3/t16-,17-,18+/m1/s1. The quantitative estimate of drug-likeness (QED) is 0.451. The number of thioether (sulfide) groups is 1. The second kappa shape index (κ2) is 9.24. The van der Waals surface area contributed by atoms with Crippen molar-refractivity contribution in [3.05, 3.63) is 70.5 Å². The summed E-state index contributed by atoms with van der Waals surface area (Å²) < 4.78 is 7.43. The van der Waals surface area contributed by atoms with E-state index in [9.17, 15) is 9.59 Å². The van der Waals surface area contributed by atoms with Crippen molar-refractivity contribution >= 4 is 28.6 Å². The summed E-state index contributed by atoms with van der Waals surface area (Å²) >= 11 is 1.34. The topological polar surface area (TPSA) is 64.4 Å². The molecule has 3 aromatic rings. The molecule has 0 radical (unpaired) electrons. The van der Waals surface area contributed by atoms with Gasteiger partial charge < -0.3 is 9.64 Å². The minimum absolute atomic E-state index is 0.0138. The number of aromatic nitrogens is 2. The highest BCUT2D eigenvalue weighted by Crippen LogP contribution is 2.25. The molecule has 31 heavy (non-hydrogen) atoms. The van der Waals surface area contributed by atoms with Crippen LogP contribution in [-0.4, -0.2) is 50.9 Å². The Kier molecular flexibility index (Phi) is 6.43. The van der Waals surface area contributed by atoms with Crippen molar-refractivity contribution < 1.29 is 9.53 Å². The lowest BCUT2D eigenvalue weighted by Gasteiger charge is -2.36. The molecule has 0 bridgehead atoms. The van der Waals surface area contributed by atoms with Crippen molar-refractivity contribution in [2.45, 2.75) is 49.9 Å². The minimum atomic E-state index is -0.368. The number of nitrogens with zero attached hydrogens (tertiary/aromatic N) is 3. The molecule has 0 saturated carbocycles. The van der Waals surface area contributed by atoms with Crippen molar-refractivity contribution in [3.8, 4) is 0 Å². The Bertz CT molecular complexity index is 1120. The van der Waals surface area contributed by atoms with Gasteiger partial charge in [0.15, 0.2) is 5.16 Å². The van der Waals surface area contributed by atoms with Crippen LogP contribution in [0.4, 0.5) is 0 Å². The Morgan fingerprint density at radius 1 is 1.10 bits per heavy atom. The van der Waals surface area contributed by atoms with Gasteiger partial charge in [-0.2, -0.15) is 0 Å². The first-order valence-corrected chi connectivity index (χ1v) is 11.4. The molecular formula is C24H27N3O3S. The Morgan fingerprint density at radius 3 is 2.45 bits per heavy atom. The second-order valence-corrected chi connectivity index (χ2v) is 9.36. The monoisotopic (exact) mass is 437 g/mol. The average Bonchev–Trinajstić information content (AvgIpc) is 2.76. The third-order valence-electron chi connectivity index (χ3n) is 5.37. The van der Waals surface area contributed by atoms with E-state index in [2.05, 4.69) is 0 Å². The van der Waals surface area contributed by atoms with Gasteiger partial charge in [0.05, 0.1) is 34.9 Å². The second-order valence-electron chi connectivity index (χ2n) is 8.05. The number of rotatable bonds is 5. The van der Waals surface area contributed by atoms with Gasteiger partial charge in [0.1, 0.15) is 0 Å². The van der Waals surface area contributed by atoms with Crippen molar-refractivity contribution in [3.63, 3.8) is 0 Å². The number of ether oxygens (including phenoxy) is 1. The fourth-order valence-electron chi connectivity index (χ4n) is 3.97. The predicted octanol–water partition coefficient (Wildman–Crippen LogP) is 3.56. The molecule has 1 aliphatic rings. The van der Waals surface area contributed by atoms with Crippen molar-refractivity contribution in [2.24, 2.45) is 0 Å². The zero-order valence-electron chi connectivity index (χ0n) is 18.0. The Hall–Kier alpha value is -2.64. The van der Waals surface area contributed by atoms with Gasteiger partial charge in [-0.05, 0) is 38.5 Å². The van der Waals surface area contributed by atoms with Crippen molar-refractivity contribution in [2.75, 3.05) is 13.1 Å². The number of morpholine rings is 1. The number of fused-ring (bicyclic) bond motifs is 1. The van der Waals surface area contributed by atoms with E-state index in [1.807, 2.05) is 74.2 Å². The maximum absolute atomic E-state index is 13.3. The summed E-state index contributed by atoms with van der Waals surface area (Å²) in [5, 5.41) is 0.771. The molecule has 1 fully saturated rings. The lowest BCUT2D eigenvalue weighted by Crippen LogP contribution is -2.50. The van der Waals surface area contributed by atoms with Gasteiger partial charge in [-0.1, -0.05) is 54.2 Å². The van der Waals surface area contributed by atoms with E-state index in [1.54, 1.807) is 10.6 Å². The number of carbonyl (C=O) groups excluding carboxylic acids is 1. The normalized spacial score (nSPS) is 20.0. The molecule has 0 aliphatic carbocycles. The van der Waals surface area contributed by atoms with Crippen LogP contribution < -0.4 is 5.56 Å². The SMILES string of the molecule is C[C@@H]1CN(C(=O)[C@H](C)Sc2nc3ccccc3c(=O)n2Cc2ccccc2)C[C@@H](C)O1. The van der Waals surface area contributed by atoms with Crippen molar-refractivity contribution in [1.29, 1.82) is 0 Å². The first-order chi connectivity index (χ1) is 14.9. The average molecular weight is 438 g/mol. The van der Waals surface area contributed by atoms with E-state index in [4.69, 9.17) is 9.72 Å². The highest BCUT2D eigenvalue weighted by atomic mass is 32.2. The lowest BCUT2D eigenvalue weighted by molar-refractivity contribution is -0.142.